The molecule has 0 bridgehead atoms. The van der Waals surface area contributed by atoms with Gasteiger partial charge in [-0.25, -0.2) is 4.98 Å². The zero-order chi connectivity index (χ0) is 15.4. The van der Waals surface area contributed by atoms with Gasteiger partial charge in [-0.3, -0.25) is 10.1 Å². The summed E-state index contributed by atoms with van der Waals surface area (Å²) in [6.07, 6.45) is 3.83. The van der Waals surface area contributed by atoms with Crippen LogP contribution in [0.5, 0.6) is 0 Å². The van der Waals surface area contributed by atoms with E-state index >= 15 is 0 Å². The highest BCUT2D eigenvalue weighted by Crippen LogP contribution is 2.31. The molecule has 0 spiro atoms. The second kappa shape index (κ2) is 7.17. The first-order valence-electron chi connectivity index (χ1n) is 7.26. The molecule has 0 radical (unpaired) electrons. The van der Waals surface area contributed by atoms with E-state index in [4.69, 9.17) is 0 Å². The van der Waals surface area contributed by atoms with Gasteiger partial charge >= 0.3 is 5.69 Å². The van der Waals surface area contributed by atoms with Crippen LogP contribution < -0.4 is 10.2 Å². The van der Waals surface area contributed by atoms with Gasteiger partial charge in [0.2, 0.25) is 5.82 Å². The molecule has 0 unspecified atom stereocenters. The van der Waals surface area contributed by atoms with Crippen molar-refractivity contribution in [1.29, 1.82) is 0 Å². The lowest BCUT2D eigenvalue weighted by Gasteiger charge is -2.33. The molecule has 2 heterocycles. The Kier molecular flexibility index (Phi) is 5.52. The first-order valence-corrected chi connectivity index (χ1v) is 8.05. The van der Waals surface area contributed by atoms with Gasteiger partial charge in [-0.2, -0.15) is 0 Å². The molecule has 7 heteroatoms. The Morgan fingerprint density at radius 1 is 1.52 bits per heavy atom. The smallest absolute Gasteiger partial charge is 0.312 e. The van der Waals surface area contributed by atoms with Crippen LogP contribution >= 0.6 is 15.9 Å². The minimum atomic E-state index is -0.356. The van der Waals surface area contributed by atoms with E-state index in [-0.39, 0.29) is 16.7 Å². The highest BCUT2D eigenvalue weighted by molar-refractivity contribution is 9.10. The Morgan fingerprint density at radius 3 is 2.76 bits per heavy atom. The van der Waals surface area contributed by atoms with Gasteiger partial charge in [0.05, 0.1) is 4.92 Å². The normalized spacial score (nSPS) is 16.2. The molecule has 6 nitrogen and oxygen atoms in total. The Bertz CT molecular complexity index is 504. The fraction of sp³-hybridized carbons (Fsp3) is 0.643. The molecular formula is C14H21BrN4O2. The maximum atomic E-state index is 11.3. The van der Waals surface area contributed by atoms with Crippen LogP contribution in [0.3, 0.4) is 0 Å². The van der Waals surface area contributed by atoms with Crippen molar-refractivity contribution in [3.63, 3.8) is 0 Å². The van der Waals surface area contributed by atoms with Crippen LogP contribution in [0.4, 0.5) is 11.5 Å². The van der Waals surface area contributed by atoms with Crippen LogP contribution in [0.1, 0.15) is 26.7 Å². The number of halogens is 1. The van der Waals surface area contributed by atoms with Gasteiger partial charge in [0, 0.05) is 29.3 Å². The van der Waals surface area contributed by atoms with Crippen LogP contribution in [-0.4, -0.2) is 35.6 Å². The zero-order valence-electron chi connectivity index (χ0n) is 12.4. The summed E-state index contributed by atoms with van der Waals surface area (Å²) in [7, 11) is 0. The summed E-state index contributed by atoms with van der Waals surface area (Å²) >= 11 is 3.26. The Morgan fingerprint density at radius 2 is 2.19 bits per heavy atom. The average Bonchev–Trinajstić information content (AvgIpc) is 2.46. The molecule has 1 aliphatic rings. The lowest BCUT2D eigenvalue weighted by Crippen LogP contribution is -2.40. The Hall–Kier alpha value is -1.21. The molecule has 0 aromatic carbocycles. The van der Waals surface area contributed by atoms with E-state index in [1.807, 2.05) is 0 Å². The van der Waals surface area contributed by atoms with Crippen molar-refractivity contribution in [2.75, 3.05) is 24.5 Å². The highest BCUT2D eigenvalue weighted by atomic mass is 79.9. The van der Waals surface area contributed by atoms with Gasteiger partial charge in [-0.1, -0.05) is 0 Å². The SMILES string of the molecule is CC(C)N(CC1CCNCC1)c1ncc(Br)cc1[N+](=O)[O-]. The quantitative estimate of drug-likeness (QED) is 0.648. The van der Waals surface area contributed by atoms with E-state index in [1.165, 1.54) is 6.07 Å². The predicted molar refractivity (Wildman–Crippen MR) is 86.7 cm³/mol. The fourth-order valence-electron chi connectivity index (χ4n) is 2.66. The van der Waals surface area contributed by atoms with Gasteiger partial charge in [-0.05, 0) is 61.6 Å². The van der Waals surface area contributed by atoms with Crippen molar-refractivity contribution in [1.82, 2.24) is 10.3 Å². The molecule has 0 aliphatic carbocycles. The summed E-state index contributed by atoms with van der Waals surface area (Å²) in [5, 5.41) is 14.6. The standard InChI is InChI=1S/C14H21BrN4O2/c1-10(2)18(9-11-3-5-16-6-4-11)14-13(19(20)21)7-12(15)8-17-14/h7-8,10-11,16H,3-6,9H2,1-2H3. The summed E-state index contributed by atoms with van der Waals surface area (Å²) in [5.41, 5.74) is 0.0620. The molecule has 1 saturated heterocycles. The minimum Gasteiger partial charge on any atom is -0.348 e. The van der Waals surface area contributed by atoms with Crippen LogP contribution in [0.15, 0.2) is 16.7 Å². The molecule has 1 aliphatic heterocycles. The molecule has 1 N–H and O–H groups in total. The molecule has 21 heavy (non-hydrogen) atoms. The number of nitrogens with one attached hydrogen (secondary N) is 1. The van der Waals surface area contributed by atoms with Crippen molar-refractivity contribution >= 4 is 27.4 Å². The first-order chi connectivity index (χ1) is 9.99. The lowest BCUT2D eigenvalue weighted by molar-refractivity contribution is -0.384. The van der Waals surface area contributed by atoms with E-state index in [0.717, 1.165) is 32.5 Å². The first kappa shape index (κ1) is 16.2. The summed E-state index contributed by atoms with van der Waals surface area (Å²) in [6.45, 7) is 6.96. The Balaban J connectivity index is 2.27. The van der Waals surface area contributed by atoms with Gasteiger partial charge in [0.15, 0.2) is 0 Å². The maximum Gasteiger partial charge on any atom is 0.312 e. The number of aromatic nitrogens is 1. The molecule has 1 fully saturated rings. The molecule has 0 saturated carbocycles. The Labute approximate surface area is 133 Å². The van der Waals surface area contributed by atoms with E-state index in [2.05, 4.69) is 45.0 Å². The van der Waals surface area contributed by atoms with Crippen molar-refractivity contribution in [3.8, 4) is 0 Å². The van der Waals surface area contributed by atoms with E-state index in [9.17, 15) is 10.1 Å². The van der Waals surface area contributed by atoms with E-state index in [1.54, 1.807) is 6.20 Å². The molecule has 2 rings (SSSR count). The summed E-state index contributed by atoms with van der Waals surface area (Å²) in [5.74, 6) is 1.02. The number of hydrogen-bond donors (Lipinski definition) is 1. The highest BCUT2D eigenvalue weighted by Gasteiger charge is 2.26. The van der Waals surface area contributed by atoms with Gasteiger partial charge in [0.25, 0.3) is 0 Å². The van der Waals surface area contributed by atoms with Crippen molar-refractivity contribution < 1.29 is 4.92 Å². The lowest BCUT2D eigenvalue weighted by atomic mass is 9.97. The minimum absolute atomic E-state index is 0.0620. The topological polar surface area (TPSA) is 71.3 Å². The van der Waals surface area contributed by atoms with Crippen LogP contribution in [0.25, 0.3) is 0 Å². The summed E-state index contributed by atoms with van der Waals surface area (Å²) in [6, 6.07) is 1.70. The molecule has 0 amide bonds. The summed E-state index contributed by atoms with van der Waals surface area (Å²) in [4.78, 5) is 17.3. The van der Waals surface area contributed by atoms with Crippen molar-refractivity contribution in [2.24, 2.45) is 5.92 Å². The molecule has 0 atom stereocenters. The average molecular weight is 357 g/mol. The van der Waals surface area contributed by atoms with Gasteiger partial charge in [0.1, 0.15) is 0 Å². The number of nitrogens with zero attached hydrogens (tertiary/aromatic N) is 3. The molecule has 1 aromatic heterocycles. The number of piperidine rings is 1. The third kappa shape index (κ3) is 4.14. The number of anilines is 1. The van der Waals surface area contributed by atoms with E-state index in [0.29, 0.717) is 16.2 Å². The van der Waals surface area contributed by atoms with Crippen molar-refractivity contribution in [3.05, 3.63) is 26.9 Å². The van der Waals surface area contributed by atoms with Crippen LogP contribution in [-0.2, 0) is 0 Å². The zero-order valence-corrected chi connectivity index (χ0v) is 14.0. The van der Waals surface area contributed by atoms with Crippen LogP contribution in [0, 0.1) is 16.0 Å². The van der Waals surface area contributed by atoms with Crippen LogP contribution in [0.2, 0.25) is 0 Å². The number of nitro groups is 1. The number of hydrogen-bond acceptors (Lipinski definition) is 5. The predicted octanol–water partition coefficient (Wildman–Crippen LogP) is 2.97. The van der Waals surface area contributed by atoms with Crippen molar-refractivity contribution in [2.45, 2.75) is 32.7 Å². The fourth-order valence-corrected chi connectivity index (χ4v) is 2.98. The second-order valence-corrected chi connectivity index (χ2v) is 6.61. The molecule has 116 valence electrons. The summed E-state index contributed by atoms with van der Waals surface area (Å²) < 4.78 is 0.628. The number of rotatable bonds is 5. The van der Waals surface area contributed by atoms with Gasteiger partial charge < -0.3 is 10.2 Å². The third-order valence-electron chi connectivity index (χ3n) is 3.82. The number of pyridine rings is 1. The monoisotopic (exact) mass is 356 g/mol. The molecule has 1 aromatic rings. The second-order valence-electron chi connectivity index (χ2n) is 5.69. The molecular weight excluding hydrogens is 336 g/mol. The van der Waals surface area contributed by atoms with Gasteiger partial charge in [-0.15, -0.1) is 0 Å². The van der Waals surface area contributed by atoms with E-state index < -0.39 is 0 Å². The maximum absolute atomic E-state index is 11.3. The largest absolute Gasteiger partial charge is 0.348 e. The third-order valence-corrected chi connectivity index (χ3v) is 4.25.